The zero-order chi connectivity index (χ0) is 19.9. The minimum absolute atomic E-state index is 0.0341. The molecule has 0 aromatic heterocycles. The Morgan fingerprint density at radius 2 is 1.96 bits per heavy atom. The zero-order valence-corrected chi connectivity index (χ0v) is 16.5. The van der Waals surface area contributed by atoms with Gasteiger partial charge < -0.3 is 14.4 Å². The zero-order valence-electron chi connectivity index (χ0n) is 16.5. The number of hydrogen-bond donors (Lipinski definition) is 0. The Balaban J connectivity index is 1.99. The Kier molecular flexibility index (Phi) is 7.16. The van der Waals surface area contributed by atoms with Gasteiger partial charge in [-0.2, -0.15) is 0 Å². The molecule has 2 rings (SSSR count). The highest BCUT2D eigenvalue weighted by molar-refractivity contribution is 6.42. The maximum absolute atomic E-state index is 14.1. The van der Waals surface area contributed by atoms with Crippen molar-refractivity contribution in [2.75, 3.05) is 14.2 Å². The van der Waals surface area contributed by atoms with Crippen LogP contribution >= 0.6 is 0 Å². The highest BCUT2D eigenvalue weighted by Crippen LogP contribution is 2.26. The molecule has 0 N–H and O–H groups in total. The first-order valence-corrected chi connectivity index (χ1v) is 8.83. The third-order valence-corrected chi connectivity index (χ3v) is 4.22. The molecular formula is C21H27FN2O3. The average molecular weight is 374 g/mol. The molecule has 146 valence electrons. The van der Waals surface area contributed by atoms with Crippen LogP contribution < -0.4 is 0 Å². The molecule has 27 heavy (non-hydrogen) atoms. The van der Waals surface area contributed by atoms with Crippen LogP contribution in [0.1, 0.15) is 38.3 Å². The lowest BCUT2D eigenvalue weighted by Crippen LogP contribution is -2.22. The quantitative estimate of drug-likeness (QED) is 0.481. The number of oxime groups is 2. The van der Waals surface area contributed by atoms with E-state index in [1.54, 1.807) is 19.9 Å². The molecule has 1 aliphatic rings. The topological polar surface area (TPSA) is 52.4 Å². The smallest absolute Gasteiger partial charge is 0.130 e. The molecule has 1 aliphatic carbocycles. The lowest BCUT2D eigenvalue weighted by atomic mass is 9.92. The van der Waals surface area contributed by atoms with Crippen LogP contribution in [0.2, 0.25) is 0 Å². The van der Waals surface area contributed by atoms with Crippen molar-refractivity contribution >= 4 is 11.4 Å². The summed E-state index contributed by atoms with van der Waals surface area (Å²) < 4.78 is 20.0. The molecule has 0 bridgehead atoms. The van der Waals surface area contributed by atoms with E-state index in [-0.39, 0.29) is 5.92 Å². The monoisotopic (exact) mass is 374 g/mol. The van der Waals surface area contributed by atoms with E-state index in [0.717, 1.165) is 11.3 Å². The molecule has 0 amide bonds. The molecule has 0 spiro atoms. The first-order chi connectivity index (χ1) is 12.8. The third kappa shape index (κ3) is 5.94. The van der Waals surface area contributed by atoms with Crippen LogP contribution in [0.25, 0.3) is 0 Å². The Hall–Kier alpha value is -2.63. The summed E-state index contributed by atoms with van der Waals surface area (Å²) in [5.41, 5.74) is 1.58. The summed E-state index contributed by atoms with van der Waals surface area (Å²) in [6.07, 6.45) is 6.62. The fourth-order valence-electron chi connectivity index (χ4n) is 2.79. The fraction of sp³-hybridized carbons (Fsp3) is 0.429. The number of hydrogen-bond acceptors (Lipinski definition) is 5. The summed E-state index contributed by atoms with van der Waals surface area (Å²) in [7, 11) is 3.00. The van der Waals surface area contributed by atoms with Crippen molar-refractivity contribution in [2.24, 2.45) is 16.2 Å². The summed E-state index contributed by atoms with van der Waals surface area (Å²) in [6.45, 7) is 5.30. The molecule has 0 radical (unpaired) electrons. The number of rotatable bonds is 8. The molecule has 6 heteroatoms. The molecular weight excluding hydrogens is 347 g/mol. The largest absolute Gasteiger partial charge is 0.489 e. The number of alkyl halides is 1. The Bertz CT molecular complexity index is 761. The van der Waals surface area contributed by atoms with Gasteiger partial charge in [-0.25, -0.2) is 4.39 Å². The van der Waals surface area contributed by atoms with E-state index in [1.165, 1.54) is 14.2 Å². The second-order valence-corrected chi connectivity index (χ2v) is 6.79. The van der Waals surface area contributed by atoms with Gasteiger partial charge >= 0.3 is 0 Å². The molecule has 0 heterocycles. The predicted octanol–water partition coefficient (Wildman–Crippen LogP) is 4.89. The normalized spacial score (nSPS) is 18.1. The van der Waals surface area contributed by atoms with Crippen molar-refractivity contribution in [1.82, 2.24) is 0 Å². The van der Waals surface area contributed by atoms with Crippen molar-refractivity contribution in [3.05, 3.63) is 59.4 Å². The average Bonchev–Trinajstić information content (AvgIpc) is 2.65. The highest BCUT2D eigenvalue weighted by Gasteiger charge is 2.21. The van der Waals surface area contributed by atoms with Crippen LogP contribution in [-0.4, -0.2) is 25.6 Å². The number of benzene rings is 1. The fourth-order valence-corrected chi connectivity index (χ4v) is 2.79. The van der Waals surface area contributed by atoms with Gasteiger partial charge in [-0.15, -0.1) is 0 Å². The summed E-state index contributed by atoms with van der Waals surface area (Å²) in [4.78, 5) is 9.76. The second kappa shape index (κ2) is 9.35. The van der Waals surface area contributed by atoms with E-state index < -0.39 is 5.67 Å². The van der Waals surface area contributed by atoms with Crippen LogP contribution in [0.4, 0.5) is 4.39 Å². The van der Waals surface area contributed by atoms with E-state index in [4.69, 9.17) is 14.4 Å². The van der Waals surface area contributed by atoms with Crippen LogP contribution in [0, 0.1) is 5.92 Å². The van der Waals surface area contributed by atoms with Crippen LogP contribution in [-0.2, 0) is 26.7 Å². The minimum Gasteiger partial charge on any atom is -0.489 e. The summed E-state index contributed by atoms with van der Waals surface area (Å²) >= 11 is 0. The van der Waals surface area contributed by atoms with Gasteiger partial charge in [-0.1, -0.05) is 34.6 Å². The molecule has 1 aromatic carbocycles. The van der Waals surface area contributed by atoms with Gasteiger partial charge in [0, 0.05) is 5.92 Å². The molecule has 1 aromatic rings. The van der Waals surface area contributed by atoms with Crippen LogP contribution in [0.3, 0.4) is 0 Å². The Morgan fingerprint density at radius 3 is 2.56 bits per heavy atom. The summed E-state index contributed by atoms with van der Waals surface area (Å²) in [6, 6.07) is 7.40. The SMILES string of the molecule is CO/N=C(C)/C(=N/OC)C1C=CC(OCc2cccc(C(C)(C)F)c2)=CC1. The lowest BCUT2D eigenvalue weighted by molar-refractivity contribution is 0.204. The van der Waals surface area contributed by atoms with Gasteiger partial charge in [0.1, 0.15) is 43.7 Å². The number of allylic oxidation sites excluding steroid dienone is 3. The highest BCUT2D eigenvalue weighted by atomic mass is 19.1. The number of ether oxygens (including phenoxy) is 1. The van der Waals surface area contributed by atoms with Gasteiger partial charge in [0.15, 0.2) is 0 Å². The van der Waals surface area contributed by atoms with Gasteiger partial charge in [-0.05, 0) is 56.5 Å². The summed E-state index contributed by atoms with van der Waals surface area (Å²) in [5, 5.41) is 8.00. The van der Waals surface area contributed by atoms with Crippen molar-refractivity contribution in [1.29, 1.82) is 0 Å². The third-order valence-electron chi connectivity index (χ3n) is 4.22. The first-order valence-electron chi connectivity index (χ1n) is 8.83. The van der Waals surface area contributed by atoms with Crippen molar-refractivity contribution in [3.8, 4) is 0 Å². The molecule has 1 unspecified atom stereocenters. The first kappa shape index (κ1) is 20.7. The number of nitrogens with zero attached hydrogens (tertiary/aromatic N) is 2. The summed E-state index contributed by atoms with van der Waals surface area (Å²) in [5.74, 6) is 0.807. The van der Waals surface area contributed by atoms with Crippen LogP contribution in [0.15, 0.2) is 58.6 Å². The van der Waals surface area contributed by atoms with E-state index in [9.17, 15) is 4.39 Å². The van der Waals surface area contributed by atoms with Crippen molar-refractivity contribution < 1.29 is 18.8 Å². The Morgan fingerprint density at radius 1 is 1.22 bits per heavy atom. The maximum atomic E-state index is 14.1. The van der Waals surface area contributed by atoms with Gasteiger partial charge in [0.05, 0.1) is 0 Å². The molecule has 0 aliphatic heterocycles. The van der Waals surface area contributed by atoms with Crippen molar-refractivity contribution in [3.63, 3.8) is 0 Å². The van der Waals surface area contributed by atoms with Gasteiger partial charge in [-0.3, -0.25) is 0 Å². The lowest BCUT2D eigenvalue weighted by Gasteiger charge is -2.19. The Labute approximate surface area is 160 Å². The van der Waals surface area contributed by atoms with E-state index in [1.807, 2.05) is 43.4 Å². The standard InChI is InChI=1S/C21H27FN2O3/c1-15(23-25-4)20(24-26-5)17-9-11-19(12-10-17)27-14-16-7-6-8-18(13-16)21(2,3)22/h6-9,11-13,17H,10,14H2,1-5H3/b23-15+,24-20-. The van der Waals surface area contributed by atoms with E-state index in [0.29, 0.717) is 30.0 Å². The molecule has 0 saturated carbocycles. The molecule has 0 fully saturated rings. The molecule has 0 saturated heterocycles. The maximum Gasteiger partial charge on any atom is 0.130 e. The molecule has 5 nitrogen and oxygen atoms in total. The van der Waals surface area contributed by atoms with Gasteiger partial charge in [0.25, 0.3) is 0 Å². The number of halogens is 1. The van der Waals surface area contributed by atoms with Gasteiger partial charge in [0.2, 0.25) is 0 Å². The predicted molar refractivity (Wildman–Crippen MR) is 105 cm³/mol. The minimum atomic E-state index is -1.37. The van der Waals surface area contributed by atoms with Crippen molar-refractivity contribution in [2.45, 2.75) is 39.5 Å². The van der Waals surface area contributed by atoms with Crippen LogP contribution in [0.5, 0.6) is 0 Å². The van der Waals surface area contributed by atoms with E-state index in [2.05, 4.69) is 10.3 Å². The molecule has 1 atom stereocenters. The second-order valence-electron chi connectivity index (χ2n) is 6.79. The van der Waals surface area contributed by atoms with E-state index >= 15 is 0 Å².